The van der Waals surface area contributed by atoms with E-state index in [1.165, 1.54) is 38.5 Å². The summed E-state index contributed by atoms with van der Waals surface area (Å²) in [6.07, 6.45) is 7.65. The van der Waals surface area contributed by atoms with Gasteiger partial charge in [0, 0.05) is 26.2 Å². The predicted molar refractivity (Wildman–Crippen MR) is 94.0 cm³/mol. The van der Waals surface area contributed by atoms with Crippen LogP contribution in [0.4, 0.5) is 16.6 Å². The number of aromatic nitrogens is 2. The molecule has 2 fully saturated rings. The second-order valence-electron chi connectivity index (χ2n) is 6.31. The van der Waals surface area contributed by atoms with Gasteiger partial charge in [0.05, 0.1) is 10.4 Å². The molecule has 0 spiro atoms. The maximum atomic E-state index is 6.27. The van der Waals surface area contributed by atoms with E-state index in [0.717, 1.165) is 53.2 Å². The molecule has 2 aliphatic rings. The largest absolute Gasteiger partial charge is 0.396 e. The first-order valence-electron chi connectivity index (χ1n) is 8.38. The fraction of sp³-hybridized carbons (Fsp3) is 0.625. The molecule has 2 aromatic heterocycles. The fourth-order valence-electron chi connectivity index (χ4n) is 3.44. The molecule has 2 saturated heterocycles. The van der Waals surface area contributed by atoms with Crippen molar-refractivity contribution in [2.75, 3.05) is 41.7 Å². The van der Waals surface area contributed by atoms with Crippen molar-refractivity contribution >= 4 is 38.3 Å². The van der Waals surface area contributed by atoms with Crippen molar-refractivity contribution in [3.05, 3.63) is 6.07 Å². The molecule has 0 aliphatic carbocycles. The first kappa shape index (κ1) is 14.1. The van der Waals surface area contributed by atoms with Crippen molar-refractivity contribution < 1.29 is 0 Å². The number of nitrogens with zero attached hydrogens (tertiary/aromatic N) is 4. The van der Waals surface area contributed by atoms with Crippen molar-refractivity contribution in [2.24, 2.45) is 0 Å². The zero-order valence-electron chi connectivity index (χ0n) is 12.9. The van der Waals surface area contributed by atoms with E-state index in [1.807, 2.05) is 0 Å². The summed E-state index contributed by atoms with van der Waals surface area (Å²) in [6, 6.07) is 2.07. The minimum atomic E-state index is 0.795. The van der Waals surface area contributed by atoms with Crippen LogP contribution >= 0.6 is 11.3 Å². The Morgan fingerprint density at radius 2 is 1.50 bits per heavy atom. The van der Waals surface area contributed by atoms with Crippen LogP contribution in [0.15, 0.2) is 6.07 Å². The van der Waals surface area contributed by atoms with E-state index in [9.17, 15) is 0 Å². The Hall–Kier alpha value is -1.56. The lowest BCUT2D eigenvalue weighted by atomic mass is 10.1. The molecular formula is C16H23N5S. The van der Waals surface area contributed by atoms with Crippen LogP contribution in [-0.4, -0.2) is 36.1 Å². The highest BCUT2D eigenvalue weighted by atomic mass is 32.1. The number of pyridine rings is 1. The standard InChI is InChI=1S/C16H23N5S/c17-12-11-13-14(18-15(12)20-7-3-1-4-8-20)19-16(22-13)21-9-5-2-6-10-21/h11H,1-10,17H2. The molecule has 5 nitrogen and oxygen atoms in total. The van der Waals surface area contributed by atoms with E-state index in [1.54, 1.807) is 11.3 Å². The van der Waals surface area contributed by atoms with Gasteiger partial charge in [0.1, 0.15) is 0 Å². The van der Waals surface area contributed by atoms with E-state index < -0.39 is 0 Å². The van der Waals surface area contributed by atoms with Gasteiger partial charge in [-0.05, 0) is 44.6 Å². The third kappa shape index (κ3) is 2.60. The molecule has 0 aromatic carbocycles. The van der Waals surface area contributed by atoms with Crippen LogP contribution in [0.3, 0.4) is 0 Å². The van der Waals surface area contributed by atoms with E-state index in [-0.39, 0.29) is 0 Å². The maximum Gasteiger partial charge on any atom is 0.188 e. The SMILES string of the molecule is Nc1cc2sc(N3CCCCC3)nc2nc1N1CCCCC1. The van der Waals surface area contributed by atoms with Crippen molar-refractivity contribution in [3.8, 4) is 0 Å². The van der Waals surface area contributed by atoms with Crippen molar-refractivity contribution in [3.63, 3.8) is 0 Å². The average molecular weight is 317 g/mol. The Labute approximate surface area is 135 Å². The summed E-state index contributed by atoms with van der Waals surface area (Å²) in [5.74, 6) is 0.933. The molecule has 0 atom stereocenters. The number of anilines is 3. The average Bonchev–Trinajstić information content (AvgIpc) is 2.98. The van der Waals surface area contributed by atoms with E-state index >= 15 is 0 Å². The lowest BCUT2D eigenvalue weighted by molar-refractivity contribution is 0.574. The molecule has 22 heavy (non-hydrogen) atoms. The van der Waals surface area contributed by atoms with Gasteiger partial charge in [0.15, 0.2) is 16.6 Å². The lowest BCUT2D eigenvalue weighted by Crippen LogP contribution is -2.30. The molecule has 118 valence electrons. The van der Waals surface area contributed by atoms with Crippen molar-refractivity contribution in [1.82, 2.24) is 9.97 Å². The van der Waals surface area contributed by atoms with E-state index in [2.05, 4.69) is 15.9 Å². The zero-order valence-corrected chi connectivity index (χ0v) is 13.7. The molecule has 4 heterocycles. The fourth-order valence-corrected chi connectivity index (χ4v) is 4.45. The molecule has 0 bridgehead atoms. The number of rotatable bonds is 2. The zero-order chi connectivity index (χ0) is 14.9. The Morgan fingerprint density at radius 1 is 0.864 bits per heavy atom. The quantitative estimate of drug-likeness (QED) is 0.921. The van der Waals surface area contributed by atoms with Crippen LogP contribution in [0.2, 0.25) is 0 Å². The van der Waals surface area contributed by atoms with Gasteiger partial charge < -0.3 is 15.5 Å². The summed E-state index contributed by atoms with van der Waals surface area (Å²) >= 11 is 1.73. The third-order valence-electron chi connectivity index (χ3n) is 4.66. The summed E-state index contributed by atoms with van der Waals surface area (Å²) in [7, 11) is 0. The van der Waals surface area contributed by atoms with Crippen LogP contribution < -0.4 is 15.5 Å². The molecule has 0 amide bonds. The number of hydrogen-bond acceptors (Lipinski definition) is 6. The summed E-state index contributed by atoms with van der Waals surface area (Å²) in [5, 5.41) is 1.11. The van der Waals surface area contributed by atoms with E-state index in [4.69, 9.17) is 15.7 Å². The van der Waals surface area contributed by atoms with Crippen LogP contribution in [-0.2, 0) is 0 Å². The van der Waals surface area contributed by atoms with Gasteiger partial charge in [0.2, 0.25) is 0 Å². The van der Waals surface area contributed by atoms with Crippen LogP contribution in [0.5, 0.6) is 0 Å². The molecule has 2 aromatic rings. The Bertz CT molecular complexity index is 656. The second kappa shape index (κ2) is 5.91. The van der Waals surface area contributed by atoms with Gasteiger partial charge >= 0.3 is 0 Å². The van der Waals surface area contributed by atoms with Gasteiger partial charge in [-0.3, -0.25) is 0 Å². The molecule has 6 heteroatoms. The topological polar surface area (TPSA) is 58.3 Å². The van der Waals surface area contributed by atoms with Gasteiger partial charge in [-0.1, -0.05) is 11.3 Å². The normalized spacial score (nSPS) is 19.8. The van der Waals surface area contributed by atoms with Crippen molar-refractivity contribution in [2.45, 2.75) is 38.5 Å². The number of thiazole rings is 1. The molecule has 0 saturated carbocycles. The predicted octanol–water partition coefficient (Wildman–Crippen LogP) is 3.25. The molecule has 2 N–H and O–H groups in total. The Kier molecular flexibility index (Phi) is 3.78. The van der Waals surface area contributed by atoms with Gasteiger partial charge in [-0.25, -0.2) is 4.98 Å². The highest BCUT2D eigenvalue weighted by Gasteiger charge is 2.19. The minimum Gasteiger partial charge on any atom is -0.396 e. The van der Waals surface area contributed by atoms with Gasteiger partial charge in [-0.2, -0.15) is 4.98 Å². The van der Waals surface area contributed by atoms with Crippen molar-refractivity contribution in [1.29, 1.82) is 0 Å². The maximum absolute atomic E-state index is 6.27. The van der Waals surface area contributed by atoms with E-state index in [0.29, 0.717) is 0 Å². The second-order valence-corrected chi connectivity index (χ2v) is 7.32. The van der Waals surface area contributed by atoms with Gasteiger partial charge in [0.25, 0.3) is 0 Å². The Balaban J connectivity index is 1.67. The number of nitrogen functional groups attached to an aromatic ring is 1. The first-order valence-corrected chi connectivity index (χ1v) is 9.20. The van der Waals surface area contributed by atoms with Gasteiger partial charge in [-0.15, -0.1) is 0 Å². The van der Waals surface area contributed by atoms with Crippen LogP contribution in [0.25, 0.3) is 10.3 Å². The molecule has 2 aliphatic heterocycles. The molecule has 4 rings (SSSR count). The lowest BCUT2D eigenvalue weighted by Gasteiger charge is -2.28. The number of hydrogen-bond donors (Lipinski definition) is 1. The number of nitrogens with two attached hydrogens (primary N) is 1. The molecular weight excluding hydrogens is 294 g/mol. The summed E-state index contributed by atoms with van der Waals surface area (Å²) in [5.41, 5.74) is 7.92. The highest BCUT2D eigenvalue weighted by Crippen LogP contribution is 2.34. The summed E-state index contributed by atoms with van der Waals surface area (Å²) in [6.45, 7) is 4.36. The Morgan fingerprint density at radius 3 is 2.18 bits per heavy atom. The molecule has 0 radical (unpaired) electrons. The van der Waals surface area contributed by atoms with Crippen LogP contribution in [0, 0.1) is 0 Å². The summed E-state index contributed by atoms with van der Waals surface area (Å²) < 4.78 is 1.11. The number of fused-ring (bicyclic) bond motifs is 1. The molecule has 0 unspecified atom stereocenters. The summed E-state index contributed by atoms with van der Waals surface area (Å²) in [4.78, 5) is 14.3. The van der Waals surface area contributed by atoms with Crippen LogP contribution in [0.1, 0.15) is 38.5 Å². The number of piperidine rings is 2. The smallest absolute Gasteiger partial charge is 0.188 e. The first-order chi connectivity index (χ1) is 10.8. The third-order valence-corrected chi connectivity index (χ3v) is 5.71. The highest BCUT2D eigenvalue weighted by molar-refractivity contribution is 7.22. The minimum absolute atomic E-state index is 0.795. The monoisotopic (exact) mass is 317 g/mol.